The molecular formula is C63H39NO. The second kappa shape index (κ2) is 13.8. The lowest BCUT2D eigenvalue weighted by molar-refractivity contribution is 0.670. The zero-order chi connectivity index (χ0) is 42.6. The quantitative estimate of drug-likeness (QED) is 0.161. The van der Waals surface area contributed by atoms with Crippen molar-refractivity contribution in [2.75, 3.05) is 4.90 Å². The Morgan fingerprint density at radius 3 is 1.51 bits per heavy atom. The fourth-order valence-corrected chi connectivity index (χ4v) is 11.4. The number of furan rings is 1. The lowest BCUT2D eigenvalue weighted by Crippen LogP contribution is -2.26. The van der Waals surface area contributed by atoms with Crippen LogP contribution in [0.1, 0.15) is 22.3 Å². The van der Waals surface area contributed by atoms with Crippen LogP contribution in [-0.4, -0.2) is 0 Å². The van der Waals surface area contributed by atoms with Gasteiger partial charge >= 0.3 is 0 Å². The van der Waals surface area contributed by atoms with E-state index >= 15 is 0 Å². The number of hydrogen-bond donors (Lipinski definition) is 0. The van der Waals surface area contributed by atoms with Crippen molar-refractivity contribution in [3.05, 3.63) is 259 Å². The van der Waals surface area contributed by atoms with Gasteiger partial charge in [0, 0.05) is 33.4 Å². The highest BCUT2D eigenvalue weighted by Crippen LogP contribution is 2.63. The molecule has 0 radical (unpaired) electrons. The van der Waals surface area contributed by atoms with Crippen LogP contribution in [0, 0.1) is 0 Å². The molecule has 11 aromatic carbocycles. The summed E-state index contributed by atoms with van der Waals surface area (Å²) in [5.74, 6) is 0. The Labute approximate surface area is 376 Å². The first-order valence-corrected chi connectivity index (χ1v) is 22.5. The molecule has 2 aliphatic rings. The van der Waals surface area contributed by atoms with Gasteiger partial charge in [-0.3, -0.25) is 0 Å². The van der Waals surface area contributed by atoms with Crippen LogP contribution in [0.3, 0.4) is 0 Å². The van der Waals surface area contributed by atoms with Crippen molar-refractivity contribution in [3.63, 3.8) is 0 Å². The van der Waals surface area contributed by atoms with Gasteiger partial charge in [-0.05, 0) is 131 Å². The molecule has 14 rings (SSSR count). The smallest absolute Gasteiger partial charge is 0.143 e. The fraction of sp³-hybridized carbons (Fsp3) is 0.0159. The van der Waals surface area contributed by atoms with E-state index in [9.17, 15) is 0 Å². The van der Waals surface area contributed by atoms with Gasteiger partial charge in [-0.1, -0.05) is 188 Å². The monoisotopic (exact) mass is 825 g/mol. The molecule has 0 bridgehead atoms. The third-order valence-corrected chi connectivity index (χ3v) is 14.3. The Morgan fingerprint density at radius 1 is 0.292 bits per heavy atom. The molecule has 2 aliphatic carbocycles. The molecule has 0 unspecified atom stereocenters. The molecule has 1 aromatic heterocycles. The van der Waals surface area contributed by atoms with Gasteiger partial charge < -0.3 is 9.32 Å². The average molecular weight is 826 g/mol. The van der Waals surface area contributed by atoms with Crippen molar-refractivity contribution in [1.82, 2.24) is 0 Å². The largest absolute Gasteiger partial charge is 0.455 e. The van der Waals surface area contributed by atoms with Crippen LogP contribution in [-0.2, 0) is 5.41 Å². The van der Waals surface area contributed by atoms with Gasteiger partial charge in [0.2, 0.25) is 0 Å². The van der Waals surface area contributed by atoms with Crippen molar-refractivity contribution >= 4 is 60.5 Å². The molecule has 0 amide bonds. The van der Waals surface area contributed by atoms with Crippen molar-refractivity contribution in [2.24, 2.45) is 0 Å². The molecule has 12 aromatic rings. The highest BCUT2D eigenvalue weighted by Gasteiger charge is 2.51. The standard InChI is InChI=1S/C63H39NO/c1-2-13-48-41(12-1)24-25-44-38-43(30-36-49(44)48)40-26-31-45(32-27-40)64(46-33-28-42(29-34-46)50-18-11-19-56-55-17-6-10-23-61(55)65-62(50)56)47-35-37-54-53-16-5-9-22-59(53)63(60(54)39-47)57-20-7-3-14-51(57)52-15-4-8-21-58(52)63/h1-39H. The van der Waals surface area contributed by atoms with Gasteiger partial charge in [0.15, 0.2) is 0 Å². The summed E-state index contributed by atoms with van der Waals surface area (Å²) in [5, 5.41) is 7.34. The first-order chi connectivity index (χ1) is 32.2. The van der Waals surface area contributed by atoms with Crippen molar-refractivity contribution in [1.29, 1.82) is 0 Å². The van der Waals surface area contributed by atoms with Crippen LogP contribution < -0.4 is 4.90 Å². The first kappa shape index (κ1) is 36.1. The molecule has 0 N–H and O–H groups in total. The zero-order valence-corrected chi connectivity index (χ0v) is 35.4. The lowest BCUT2D eigenvalue weighted by atomic mass is 9.70. The van der Waals surface area contributed by atoms with Crippen LogP contribution >= 0.6 is 0 Å². The minimum absolute atomic E-state index is 0.443. The van der Waals surface area contributed by atoms with Crippen LogP contribution in [0.5, 0.6) is 0 Å². The topological polar surface area (TPSA) is 16.4 Å². The second-order valence-electron chi connectivity index (χ2n) is 17.5. The summed E-state index contributed by atoms with van der Waals surface area (Å²) in [6.07, 6.45) is 0. The average Bonchev–Trinajstić information content (AvgIpc) is 4.01. The van der Waals surface area contributed by atoms with Gasteiger partial charge in [-0.25, -0.2) is 0 Å². The van der Waals surface area contributed by atoms with Crippen molar-refractivity contribution in [2.45, 2.75) is 5.41 Å². The first-order valence-electron chi connectivity index (χ1n) is 22.5. The molecule has 1 heterocycles. The van der Waals surface area contributed by atoms with Gasteiger partial charge in [-0.15, -0.1) is 0 Å². The van der Waals surface area contributed by atoms with E-state index in [1.807, 2.05) is 6.07 Å². The Balaban J connectivity index is 0.936. The molecule has 2 heteroatoms. The maximum Gasteiger partial charge on any atom is 0.143 e. The third kappa shape index (κ3) is 5.17. The van der Waals surface area contributed by atoms with Crippen LogP contribution in [0.2, 0.25) is 0 Å². The predicted octanol–water partition coefficient (Wildman–Crippen LogP) is 17.0. The maximum atomic E-state index is 6.50. The highest BCUT2D eigenvalue weighted by molar-refractivity contribution is 6.10. The van der Waals surface area contributed by atoms with Gasteiger partial charge in [0.05, 0.1) is 5.41 Å². The Bertz CT molecular complexity index is 3830. The number of benzene rings is 11. The molecule has 65 heavy (non-hydrogen) atoms. The van der Waals surface area contributed by atoms with E-state index in [0.29, 0.717) is 0 Å². The van der Waals surface area contributed by atoms with Gasteiger partial charge in [0.1, 0.15) is 11.2 Å². The number of anilines is 3. The number of fused-ring (bicyclic) bond motifs is 16. The van der Waals surface area contributed by atoms with E-state index in [2.05, 4.69) is 235 Å². The SMILES string of the molecule is c1ccc2c(c1)-c1ccccc1C21c2ccccc2-c2ccc(N(c3ccc(-c4ccc5c(ccc6ccccc65)c4)cc3)c3ccc(-c4cccc5c4oc4ccccc45)cc3)cc21. The highest BCUT2D eigenvalue weighted by atomic mass is 16.3. The lowest BCUT2D eigenvalue weighted by Gasteiger charge is -2.32. The second-order valence-corrected chi connectivity index (χ2v) is 17.5. The van der Waals surface area contributed by atoms with E-state index in [-0.39, 0.29) is 0 Å². The summed E-state index contributed by atoms with van der Waals surface area (Å²) in [6, 6.07) is 87.1. The van der Waals surface area contributed by atoms with Crippen molar-refractivity contribution in [3.8, 4) is 44.5 Å². The number of para-hydroxylation sites is 2. The van der Waals surface area contributed by atoms with Crippen LogP contribution in [0.25, 0.3) is 88.0 Å². The minimum Gasteiger partial charge on any atom is -0.455 e. The molecule has 0 saturated heterocycles. The molecule has 0 saturated carbocycles. The van der Waals surface area contributed by atoms with E-state index in [1.54, 1.807) is 0 Å². The Morgan fingerprint density at radius 2 is 0.800 bits per heavy atom. The summed E-state index contributed by atoms with van der Waals surface area (Å²) in [7, 11) is 0. The molecule has 0 fully saturated rings. The van der Waals surface area contributed by atoms with E-state index in [4.69, 9.17) is 4.42 Å². The van der Waals surface area contributed by atoms with Gasteiger partial charge in [-0.2, -0.15) is 0 Å². The minimum atomic E-state index is -0.443. The van der Waals surface area contributed by atoms with Gasteiger partial charge in [0.25, 0.3) is 0 Å². The fourth-order valence-electron chi connectivity index (χ4n) is 11.4. The molecule has 302 valence electrons. The van der Waals surface area contributed by atoms with E-state index in [1.165, 1.54) is 77.2 Å². The van der Waals surface area contributed by atoms with Crippen molar-refractivity contribution < 1.29 is 4.42 Å². The van der Waals surface area contributed by atoms with E-state index in [0.717, 1.165) is 50.1 Å². The number of hydrogen-bond acceptors (Lipinski definition) is 2. The Hall–Kier alpha value is -8.46. The molecule has 0 atom stereocenters. The third-order valence-electron chi connectivity index (χ3n) is 14.3. The van der Waals surface area contributed by atoms with E-state index < -0.39 is 5.41 Å². The summed E-state index contributed by atoms with van der Waals surface area (Å²) < 4.78 is 6.50. The molecule has 1 spiro atoms. The summed E-state index contributed by atoms with van der Waals surface area (Å²) in [6.45, 7) is 0. The normalized spacial score (nSPS) is 13.0. The van der Waals surface area contributed by atoms with Crippen LogP contribution in [0.15, 0.2) is 241 Å². The predicted molar refractivity (Wildman–Crippen MR) is 271 cm³/mol. The molecule has 2 nitrogen and oxygen atoms in total. The Kier molecular flexibility index (Phi) is 7.64. The molecule has 0 aliphatic heterocycles. The summed E-state index contributed by atoms with van der Waals surface area (Å²) in [5.41, 5.74) is 19.7. The summed E-state index contributed by atoms with van der Waals surface area (Å²) in [4.78, 5) is 2.42. The number of nitrogens with zero attached hydrogens (tertiary/aromatic N) is 1. The zero-order valence-electron chi connectivity index (χ0n) is 35.4. The van der Waals surface area contributed by atoms with Crippen LogP contribution in [0.4, 0.5) is 17.1 Å². The molecular weight excluding hydrogens is 787 g/mol. The maximum absolute atomic E-state index is 6.50. The summed E-state index contributed by atoms with van der Waals surface area (Å²) >= 11 is 0. The number of rotatable bonds is 5.